The van der Waals surface area contributed by atoms with Crippen molar-refractivity contribution in [3.8, 4) is 5.88 Å². The normalized spacial score (nSPS) is 11.3. The summed E-state index contributed by atoms with van der Waals surface area (Å²) in [7, 11) is 3.24. The van der Waals surface area contributed by atoms with Gasteiger partial charge in [-0.3, -0.25) is 4.68 Å². The molecule has 0 unspecified atom stereocenters. The van der Waals surface area contributed by atoms with Gasteiger partial charge in [-0.15, -0.1) is 0 Å². The first-order valence-corrected chi connectivity index (χ1v) is 6.82. The molecule has 0 atom stereocenters. The maximum atomic E-state index is 11.3. The number of ether oxygens (including phenoxy) is 1. The summed E-state index contributed by atoms with van der Waals surface area (Å²) in [6.07, 6.45) is 0. The number of carbonyl (C=O) groups is 1. The first-order chi connectivity index (χ1) is 10.2. The van der Waals surface area contributed by atoms with Crippen molar-refractivity contribution in [2.24, 2.45) is 7.05 Å². The molecule has 7 heteroatoms. The molecule has 0 fully saturated rings. The maximum Gasteiger partial charge on any atom is 0.356 e. The molecule has 0 aromatic carbocycles. The summed E-state index contributed by atoms with van der Waals surface area (Å²) in [5.41, 5.74) is 1.11. The third kappa shape index (κ3) is 3.19. The van der Waals surface area contributed by atoms with E-state index in [1.54, 1.807) is 23.9 Å². The smallest absolute Gasteiger partial charge is 0.356 e. The Labute approximate surface area is 128 Å². The summed E-state index contributed by atoms with van der Waals surface area (Å²) < 4.78 is 6.64. The fourth-order valence-corrected chi connectivity index (χ4v) is 1.91. The molecule has 0 saturated carbocycles. The Morgan fingerprint density at radius 3 is 2.55 bits per heavy atom. The third-order valence-corrected chi connectivity index (χ3v) is 3.19. The summed E-state index contributed by atoms with van der Waals surface area (Å²) >= 11 is 0. The summed E-state index contributed by atoms with van der Waals surface area (Å²) in [4.78, 5) is 15.3. The average Bonchev–Trinajstić information content (AvgIpc) is 2.80. The van der Waals surface area contributed by atoms with E-state index >= 15 is 0 Å². The molecule has 118 valence electrons. The highest BCUT2D eigenvalue weighted by molar-refractivity contribution is 5.93. The first-order valence-electron chi connectivity index (χ1n) is 6.82. The molecule has 2 rings (SSSR count). The van der Waals surface area contributed by atoms with Gasteiger partial charge in [-0.2, -0.15) is 5.10 Å². The number of rotatable bonds is 4. The summed E-state index contributed by atoms with van der Waals surface area (Å²) in [6, 6.07) is 5.13. The molecular weight excluding hydrogens is 284 g/mol. The number of anilines is 2. The van der Waals surface area contributed by atoms with Gasteiger partial charge in [0.1, 0.15) is 5.82 Å². The standard InChI is InChI=1S/C15H20N4O3/c1-15(2,3)10-8-11(19(4)18-10)16-9-6-7-12(22-5)17-13(9)14(20)21/h6-8,16H,1-5H3,(H,20,21). The number of aromatic nitrogens is 3. The minimum atomic E-state index is -1.13. The molecule has 0 amide bonds. The maximum absolute atomic E-state index is 11.3. The van der Waals surface area contributed by atoms with Crippen LogP contribution in [0.2, 0.25) is 0 Å². The van der Waals surface area contributed by atoms with Crippen molar-refractivity contribution in [3.63, 3.8) is 0 Å². The molecule has 0 saturated heterocycles. The lowest BCUT2D eigenvalue weighted by Gasteiger charge is -2.13. The minimum absolute atomic E-state index is 0.0918. The monoisotopic (exact) mass is 304 g/mol. The van der Waals surface area contributed by atoms with E-state index in [0.717, 1.165) is 5.69 Å². The van der Waals surface area contributed by atoms with Crippen LogP contribution in [0.5, 0.6) is 5.88 Å². The Morgan fingerprint density at radius 2 is 2.05 bits per heavy atom. The van der Waals surface area contributed by atoms with Crippen molar-refractivity contribution in [1.82, 2.24) is 14.8 Å². The van der Waals surface area contributed by atoms with E-state index in [1.807, 2.05) is 6.07 Å². The van der Waals surface area contributed by atoms with E-state index < -0.39 is 5.97 Å². The highest BCUT2D eigenvalue weighted by Crippen LogP contribution is 2.27. The first kappa shape index (κ1) is 15.8. The summed E-state index contributed by atoms with van der Waals surface area (Å²) in [6.45, 7) is 6.20. The molecule has 0 bridgehead atoms. The van der Waals surface area contributed by atoms with Gasteiger partial charge in [0.25, 0.3) is 0 Å². The minimum Gasteiger partial charge on any atom is -0.481 e. The Kier molecular flexibility index (Phi) is 4.07. The molecule has 0 aliphatic heterocycles. The lowest BCUT2D eigenvalue weighted by atomic mass is 9.92. The summed E-state index contributed by atoms with van der Waals surface area (Å²) in [5.74, 6) is -0.178. The number of pyridine rings is 1. The molecule has 2 aromatic rings. The third-order valence-electron chi connectivity index (χ3n) is 3.19. The summed E-state index contributed by atoms with van der Waals surface area (Å²) in [5, 5.41) is 16.8. The Balaban J connectivity index is 2.39. The number of hydrogen-bond donors (Lipinski definition) is 2. The fourth-order valence-electron chi connectivity index (χ4n) is 1.91. The van der Waals surface area contributed by atoms with Crippen molar-refractivity contribution >= 4 is 17.5 Å². The van der Waals surface area contributed by atoms with Crippen LogP contribution in [0.1, 0.15) is 37.0 Å². The zero-order valence-corrected chi connectivity index (χ0v) is 13.3. The molecule has 0 aliphatic carbocycles. The van der Waals surface area contributed by atoms with Crippen LogP contribution in [0.25, 0.3) is 0 Å². The van der Waals surface area contributed by atoms with E-state index in [-0.39, 0.29) is 17.0 Å². The van der Waals surface area contributed by atoms with Gasteiger partial charge in [-0.05, 0) is 6.07 Å². The zero-order valence-electron chi connectivity index (χ0n) is 13.3. The van der Waals surface area contributed by atoms with Crippen LogP contribution in [-0.4, -0.2) is 33.0 Å². The van der Waals surface area contributed by atoms with Gasteiger partial charge in [0.2, 0.25) is 5.88 Å². The van der Waals surface area contributed by atoms with Crippen molar-refractivity contribution in [1.29, 1.82) is 0 Å². The average molecular weight is 304 g/mol. The Bertz CT molecular complexity index is 701. The number of carboxylic acid groups (broad SMARTS) is 1. The van der Waals surface area contributed by atoms with Gasteiger partial charge < -0.3 is 15.2 Å². The van der Waals surface area contributed by atoms with Crippen molar-refractivity contribution in [2.75, 3.05) is 12.4 Å². The number of methoxy groups -OCH3 is 1. The number of aryl methyl sites for hydroxylation is 1. The Hall–Kier alpha value is -2.57. The largest absolute Gasteiger partial charge is 0.481 e. The van der Waals surface area contributed by atoms with Crippen molar-refractivity contribution in [2.45, 2.75) is 26.2 Å². The van der Waals surface area contributed by atoms with E-state index in [0.29, 0.717) is 11.5 Å². The predicted molar refractivity (Wildman–Crippen MR) is 82.9 cm³/mol. The van der Waals surface area contributed by atoms with Gasteiger partial charge >= 0.3 is 5.97 Å². The molecule has 2 N–H and O–H groups in total. The molecular formula is C15H20N4O3. The molecule has 22 heavy (non-hydrogen) atoms. The van der Waals surface area contributed by atoms with E-state index in [2.05, 4.69) is 36.2 Å². The lowest BCUT2D eigenvalue weighted by molar-refractivity contribution is 0.0690. The van der Waals surface area contributed by atoms with Gasteiger partial charge in [-0.25, -0.2) is 9.78 Å². The van der Waals surface area contributed by atoms with Crippen LogP contribution in [0.3, 0.4) is 0 Å². The second kappa shape index (κ2) is 5.67. The molecule has 7 nitrogen and oxygen atoms in total. The predicted octanol–water partition coefficient (Wildman–Crippen LogP) is 2.56. The number of hydrogen-bond acceptors (Lipinski definition) is 5. The van der Waals surface area contributed by atoms with Crippen LogP contribution in [0, 0.1) is 0 Å². The van der Waals surface area contributed by atoms with Crippen LogP contribution in [0.15, 0.2) is 18.2 Å². The quantitative estimate of drug-likeness (QED) is 0.902. The van der Waals surface area contributed by atoms with Gasteiger partial charge in [-0.1, -0.05) is 20.8 Å². The highest BCUT2D eigenvalue weighted by Gasteiger charge is 2.20. The molecule has 0 aliphatic rings. The number of aromatic carboxylic acids is 1. The van der Waals surface area contributed by atoms with Crippen molar-refractivity contribution in [3.05, 3.63) is 29.6 Å². The Morgan fingerprint density at radius 1 is 1.36 bits per heavy atom. The molecule has 2 heterocycles. The lowest BCUT2D eigenvalue weighted by Crippen LogP contribution is -2.12. The van der Waals surface area contributed by atoms with Crippen LogP contribution in [0.4, 0.5) is 11.5 Å². The van der Waals surface area contributed by atoms with E-state index in [9.17, 15) is 9.90 Å². The molecule has 0 spiro atoms. The second-order valence-corrected chi connectivity index (χ2v) is 5.97. The molecule has 2 aromatic heterocycles. The van der Waals surface area contributed by atoms with Crippen LogP contribution >= 0.6 is 0 Å². The van der Waals surface area contributed by atoms with E-state index in [4.69, 9.17) is 4.74 Å². The molecule has 0 radical (unpaired) electrons. The van der Waals surface area contributed by atoms with Gasteiger partial charge in [0, 0.05) is 24.6 Å². The fraction of sp³-hybridized carbons (Fsp3) is 0.400. The number of nitrogens with zero attached hydrogens (tertiary/aromatic N) is 3. The highest BCUT2D eigenvalue weighted by atomic mass is 16.5. The topological polar surface area (TPSA) is 89.3 Å². The van der Waals surface area contributed by atoms with Crippen LogP contribution < -0.4 is 10.1 Å². The number of carboxylic acids is 1. The zero-order chi connectivity index (χ0) is 16.5. The van der Waals surface area contributed by atoms with E-state index in [1.165, 1.54) is 7.11 Å². The van der Waals surface area contributed by atoms with Gasteiger partial charge in [0.05, 0.1) is 18.5 Å². The van der Waals surface area contributed by atoms with Crippen molar-refractivity contribution < 1.29 is 14.6 Å². The number of nitrogens with one attached hydrogen (secondary N) is 1. The van der Waals surface area contributed by atoms with Gasteiger partial charge in [0.15, 0.2) is 5.69 Å². The second-order valence-electron chi connectivity index (χ2n) is 5.97. The SMILES string of the molecule is COc1ccc(Nc2cc(C(C)(C)C)nn2C)c(C(=O)O)n1. The van der Waals surface area contributed by atoms with Crippen LogP contribution in [-0.2, 0) is 12.5 Å².